The normalized spacial score (nSPS) is 20.1. The predicted molar refractivity (Wildman–Crippen MR) is 46.6 cm³/mol. The zero-order chi connectivity index (χ0) is 12.9. The maximum atomic E-state index is 12.8. The maximum Gasteiger partial charge on any atom is 0.267 e. The van der Waals surface area contributed by atoms with Crippen LogP contribution in [0.15, 0.2) is 0 Å². The Balaban J connectivity index is 4.37. The molecule has 0 heterocycles. The molecule has 0 aliphatic carbocycles. The van der Waals surface area contributed by atoms with Crippen LogP contribution in [-0.4, -0.2) is 50.1 Å². The van der Waals surface area contributed by atoms with E-state index in [0.29, 0.717) is 0 Å². The van der Waals surface area contributed by atoms with Crippen LogP contribution in [-0.2, 0) is 10.1 Å². The maximum absolute atomic E-state index is 12.8. The van der Waals surface area contributed by atoms with E-state index < -0.39 is 53.7 Å². The van der Waals surface area contributed by atoms with Crippen LogP contribution >= 0.6 is 0 Å². The van der Waals surface area contributed by atoms with Crippen molar-refractivity contribution in [3.05, 3.63) is 0 Å². The summed E-state index contributed by atoms with van der Waals surface area (Å²) in [6.45, 7) is -1.25. The molecule has 4 unspecified atom stereocenters. The largest absolute Gasteiger partial charge is 0.285 e. The van der Waals surface area contributed by atoms with E-state index >= 15 is 0 Å². The van der Waals surface area contributed by atoms with Gasteiger partial charge < -0.3 is 0 Å². The van der Waals surface area contributed by atoms with Crippen molar-refractivity contribution in [1.29, 1.82) is 0 Å². The van der Waals surface area contributed by atoms with Crippen LogP contribution in [0.4, 0.5) is 22.0 Å². The van der Waals surface area contributed by atoms with Crippen molar-refractivity contribution in [2.45, 2.75) is 31.1 Å². The molecule has 16 heavy (non-hydrogen) atoms. The molecule has 3 nitrogen and oxygen atoms in total. The predicted octanol–water partition coefficient (Wildman–Crippen LogP) is 1.59. The van der Waals surface area contributed by atoms with Crippen molar-refractivity contribution in [2.75, 3.05) is 12.4 Å². The molecule has 0 aliphatic heterocycles. The minimum absolute atomic E-state index is 0.944. The summed E-state index contributed by atoms with van der Waals surface area (Å²) in [6.07, 6.45) is -12.4. The highest BCUT2D eigenvalue weighted by Crippen LogP contribution is 2.20. The number of rotatable bonds is 7. The van der Waals surface area contributed by atoms with Gasteiger partial charge in [-0.05, 0) is 0 Å². The number of hydrogen-bond acceptors (Lipinski definition) is 2. The average Bonchev–Trinajstić information content (AvgIpc) is 2.13. The Labute approximate surface area is 89.4 Å². The van der Waals surface area contributed by atoms with Crippen LogP contribution in [0.1, 0.15) is 6.42 Å². The SMILES string of the molecule is O=S(=O)(O)CC(F)C(F)C(F)C(F)CCF. The first-order chi connectivity index (χ1) is 7.19. The Morgan fingerprint density at radius 1 is 1.00 bits per heavy atom. The van der Waals surface area contributed by atoms with Crippen LogP contribution in [0.25, 0.3) is 0 Å². The van der Waals surface area contributed by atoms with Crippen molar-refractivity contribution in [1.82, 2.24) is 0 Å². The summed E-state index contributed by atoms with van der Waals surface area (Å²) in [5.74, 6) is -1.67. The lowest BCUT2D eigenvalue weighted by Crippen LogP contribution is -2.38. The molecule has 0 aliphatic rings. The van der Waals surface area contributed by atoms with Gasteiger partial charge in [-0.3, -0.25) is 8.94 Å². The molecule has 0 aromatic carbocycles. The monoisotopic (exact) mass is 270 g/mol. The van der Waals surface area contributed by atoms with Crippen molar-refractivity contribution in [3.63, 3.8) is 0 Å². The summed E-state index contributed by atoms with van der Waals surface area (Å²) in [4.78, 5) is 0. The Morgan fingerprint density at radius 2 is 1.44 bits per heavy atom. The molecule has 0 radical (unpaired) electrons. The van der Waals surface area contributed by atoms with Gasteiger partial charge in [-0.25, -0.2) is 17.6 Å². The molecule has 4 atom stereocenters. The summed E-state index contributed by atoms with van der Waals surface area (Å²) in [5.41, 5.74) is 0. The summed E-state index contributed by atoms with van der Waals surface area (Å²) in [6, 6.07) is 0. The highest BCUT2D eigenvalue weighted by atomic mass is 32.2. The summed E-state index contributed by atoms with van der Waals surface area (Å²) >= 11 is 0. The number of hydrogen-bond donors (Lipinski definition) is 1. The van der Waals surface area contributed by atoms with Gasteiger partial charge in [-0.15, -0.1) is 0 Å². The topological polar surface area (TPSA) is 54.4 Å². The van der Waals surface area contributed by atoms with Crippen molar-refractivity contribution < 1.29 is 34.9 Å². The fourth-order valence-electron chi connectivity index (χ4n) is 0.956. The smallest absolute Gasteiger partial charge is 0.267 e. The fourth-order valence-corrected chi connectivity index (χ4v) is 1.54. The molecule has 0 amide bonds. The van der Waals surface area contributed by atoms with Crippen molar-refractivity contribution in [3.8, 4) is 0 Å². The van der Waals surface area contributed by atoms with Gasteiger partial charge in [-0.1, -0.05) is 0 Å². The molecule has 98 valence electrons. The molecule has 0 aromatic rings. The molecular formula is C7H11F5O3S. The van der Waals surface area contributed by atoms with Gasteiger partial charge in [0.2, 0.25) is 0 Å². The third-order valence-corrected chi connectivity index (χ3v) is 2.49. The van der Waals surface area contributed by atoms with Gasteiger partial charge in [-0.2, -0.15) is 8.42 Å². The molecular weight excluding hydrogens is 259 g/mol. The van der Waals surface area contributed by atoms with Crippen LogP contribution in [0.2, 0.25) is 0 Å². The van der Waals surface area contributed by atoms with Crippen molar-refractivity contribution in [2.24, 2.45) is 0 Å². The lowest BCUT2D eigenvalue weighted by molar-refractivity contribution is 0.0340. The van der Waals surface area contributed by atoms with Gasteiger partial charge in [0, 0.05) is 6.42 Å². The van der Waals surface area contributed by atoms with Gasteiger partial charge in [0.25, 0.3) is 10.1 Å². The van der Waals surface area contributed by atoms with Crippen LogP contribution in [0, 0.1) is 0 Å². The van der Waals surface area contributed by atoms with Crippen LogP contribution in [0.3, 0.4) is 0 Å². The number of alkyl halides is 5. The van der Waals surface area contributed by atoms with E-state index in [1.807, 2.05) is 0 Å². The average molecular weight is 270 g/mol. The van der Waals surface area contributed by atoms with Crippen LogP contribution in [0.5, 0.6) is 0 Å². The fraction of sp³-hybridized carbons (Fsp3) is 1.00. The highest BCUT2D eigenvalue weighted by Gasteiger charge is 2.37. The van der Waals surface area contributed by atoms with Gasteiger partial charge >= 0.3 is 0 Å². The summed E-state index contributed by atoms with van der Waals surface area (Å²) in [5, 5.41) is 0. The molecule has 9 heteroatoms. The summed E-state index contributed by atoms with van der Waals surface area (Å²) < 4.78 is 90.9. The second kappa shape index (κ2) is 6.33. The minimum Gasteiger partial charge on any atom is -0.285 e. The first-order valence-corrected chi connectivity index (χ1v) is 5.87. The van der Waals surface area contributed by atoms with E-state index in [4.69, 9.17) is 4.55 Å². The van der Waals surface area contributed by atoms with E-state index in [1.165, 1.54) is 0 Å². The zero-order valence-electron chi connectivity index (χ0n) is 7.99. The van der Waals surface area contributed by atoms with Gasteiger partial charge in [0.15, 0.2) is 18.5 Å². The third-order valence-electron chi connectivity index (χ3n) is 1.75. The first-order valence-electron chi connectivity index (χ1n) is 4.26. The van der Waals surface area contributed by atoms with Crippen molar-refractivity contribution >= 4 is 10.1 Å². The van der Waals surface area contributed by atoms with Crippen LogP contribution < -0.4 is 0 Å². The molecule has 1 N–H and O–H groups in total. The second-order valence-electron chi connectivity index (χ2n) is 3.15. The molecule has 0 spiro atoms. The van der Waals surface area contributed by atoms with E-state index in [-0.39, 0.29) is 0 Å². The Hall–Kier alpha value is -0.440. The molecule has 0 saturated heterocycles. The Bertz CT molecular complexity index is 296. The second-order valence-corrected chi connectivity index (χ2v) is 4.64. The lowest BCUT2D eigenvalue weighted by Gasteiger charge is -2.18. The number of halogens is 5. The van der Waals surface area contributed by atoms with E-state index in [9.17, 15) is 30.4 Å². The zero-order valence-corrected chi connectivity index (χ0v) is 8.81. The Kier molecular flexibility index (Phi) is 6.16. The Morgan fingerprint density at radius 3 is 1.81 bits per heavy atom. The van der Waals surface area contributed by atoms with Gasteiger partial charge in [0.1, 0.15) is 11.9 Å². The van der Waals surface area contributed by atoms with Gasteiger partial charge in [0.05, 0.1) is 6.67 Å². The summed E-state index contributed by atoms with van der Waals surface area (Å²) in [7, 11) is -4.82. The van der Waals surface area contributed by atoms with E-state index in [1.54, 1.807) is 0 Å². The lowest BCUT2D eigenvalue weighted by atomic mass is 10.1. The highest BCUT2D eigenvalue weighted by molar-refractivity contribution is 7.85. The quantitative estimate of drug-likeness (QED) is 0.564. The molecule has 0 bridgehead atoms. The molecule has 0 aromatic heterocycles. The molecule has 0 rings (SSSR count). The molecule has 0 fully saturated rings. The standard InChI is InChI=1S/C7H11F5O3S/c8-2-1-4(9)6(11)7(12)5(10)3-16(13,14)15/h4-7H,1-3H2,(H,13,14,15). The first kappa shape index (κ1) is 15.6. The molecule has 0 saturated carbocycles. The minimum atomic E-state index is -4.82. The third kappa shape index (κ3) is 5.59. The van der Waals surface area contributed by atoms with E-state index in [2.05, 4.69) is 0 Å². The van der Waals surface area contributed by atoms with E-state index in [0.717, 1.165) is 0 Å².